The summed E-state index contributed by atoms with van der Waals surface area (Å²) >= 11 is 0. The number of amides is 1. The third kappa shape index (κ3) is 6.49. The minimum atomic E-state index is -1.04. The summed E-state index contributed by atoms with van der Waals surface area (Å²) in [6.07, 6.45) is 1.47. The second kappa shape index (κ2) is 10.4. The number of benzene rings is 3. The van der Waals surface area contributed by atoms with Crippen molar-refractivity contribution in [3.8, 4) is 22.6 Å². The molecule has 0 aliphatic carbocycles. The first-order chi connectivity index (χ1) is 14.6. The first-order valence-electron chi connectivity index (χ1n) is 9.15. The van der Waals surface area contributed by atoms with Crippen molar-refractivity contribution in [1.29, 1.82) is 0 Å². The largest absolute Gasteiger partial charge is 0.484 e. The Morgan fingerprint density at radius 1 is 0.800 bits per heavy atom. The predicted molar refractivity (Wildman–Crippen MR) is 113 cm³/mol. The molecule has 0 fully saturated rings. The van der Waals surface area contributed by atoms with Gasteiger partial charge in [-0.1, -0.05) is 42.5 Å². The molecule has 0 aliphatic rings. The Labute approximate surface area is 173 Å². The maximum absolute atomic E-state index is 11.9. The van der Waals surface area contributed by atoms with Gasteiger partial charge in [0.2, 0.25) is 0 Å². The van der Waals surface area contributed by atoms with Gasteiger partial charge in [-0.05, 0) is 53.1 Å². The maximum Gasteiger partial charge on any atom is 0.341 e. The molecule has 0 heterocycles. The van der Waals surface area contributed by atoms with Crippen LogP contribution in [0.3, 0.4) is 0 Å². The third-order valence-corrected chi connectivity index (χ3v) is 3.98. The van der Waals surface area contributed by atoms with Crippen LogP contribution in [0.4, 0.5) is 0 Å². The minimum Gasteiger partial charge on any atom is -0.484 e. The Bertz CT molecular complexity index is 1000. The molecule has 0 saturated carbocycles. The van der Waals surface area contributed by atoms with E-state index in [9.17, 15) is 9.59 Å². The second-order valence-corrected chi connectivity index (χ2v) is 6.22. The summed E-state index contributed by atoms with van der Waals surface area (Å²) in [5, 5.41) is 12.4. The molecule has 0 bridgehead atoms. The van der Waals surface area contributed by atoms with E-state index in [0.29, 0.717) is 11.5 Å². The molecule has 7 heteroatoms. The molecule has 0 atom stereocenters. The van der Waals surface area contributed by atoms with Gasteiger partial charge in [0.1, 0.15) is 11.5 Å². The fourth-order valence-electron chi connectivity index (χ4n) is 2.53. The molecule has 0 saturated heterocycles. The van der Waals surface area contributed by atoms with E-state index in [2.05, 4.69) is 10.5 Å². The van der Waals surface area contributed by atoms with Crippen LogP contribution in [0.1, 0.15) is 5.56 Å². The van der Waals surface area contributed by atoms with Crippen LogP contribution < -0.4 is 14.9 Å². The summed E-state index contributed by atoms with van der Waals surface area (Å²) in [5.41, 5.74) is 5.28. The standard InChI is InChI=1S/C23H20N2O5/c26-22(25-24-14-17-6-10-20(11-7-17)30-16-23(27)28)15-29-21-12-8-19(9-13-21)18-4-2-1-3-5-18/h1-14H,15-16H2,(H,25,26)(H,27,28)/b24-14+. The normalized spacial score (nSPS) is 10.5. The summed E-state index contributed by atoms with van der Waals surface area (Å²) < 4.78 is 10.5. The van der Waals surface area contributed by atoms with E-state index in [1.165, 1.54) is 6.21 Å². The van der Waals surface area contributed by atoms with Gasteiger partial charge in [-0.25, -0.2) is 10.2 Å². The number of carboxylic acid groups (broad SMARTS) is 1. The van der Waals surface area contributed by atoms with Crippen molar-refractivity contribution in [2.24, 2.45) is 5.10 Å². The predicted octanol–water partition coefficient (Wildman–Crippen LogP) is 3.35. The molecule has 0 unspecified atom stereocenters. The zero-order chi connectivity index (χ0) is 21.2. The number of carbonyl (C=O) groups excluding carboxylic acids is 1. The average Bonchev–Trinajstić information content (AvgIpc) is 2.78. The summed E-state index contributed by atoms with van der Waals surface area (Å²) in [6, 6.07) is 24.1. The Balaban J connectivity index is 1.43. The van der Waals surface area contributed by atoms with Gasteiger partial charge in [0, 0.05) is 0 Å². The molecule has 3 aromatic carbocycles. The maximum atomic E-state index is 11.9. The molecule has 30 heavy (non-hydrogen) atoms. The zero-order valence-electron chi connectivity index (χ0n) is 16.0. The molecule has 3 aromatic rings. The van der Waals surface area contributed by atoms with Crippen molar-refractivity contribution in [3.63, 3.8) is 0 Å². The summed E-state index contributed by atoms with van der Waals surface area (Å²) in [5.74, 6) is -0.409. The van der Waals surface area contributed by atoms with Gasteiger partial charge in [0.15, 0.2) is 13.2 Å². The average molecular weight is 404 g/mol. The van der Waals surface area contributed by atoms with Crippen LogP contribution in [0.2, 0.25) is 0 Å². The molecule has 0 radical (unpaired) electrons. The zero-order valence-corrected chi connectivity index (χ0v) is 16.0. The quantitative estimate of drug-likeness (QED) is 0.421. The lowest BCUT2D eigenvalue weighted by Gasteiger charge is -2.06. The number of rotatable bonds is 9. The molecular weight excluding hydrogens is 384 g/mol. The van der Waals surface area contributed by atoms with Crippen molar-refractivity contribution in [3.05, 3.63) is 84.4 Å². The molecule has 0 spiro atoms. The fraction of sp³-hybridized carbons (Fsp3) is 0.0870. The lowest BCUT2D eigenvalue weighted by Crippen LogP contribution is -2.24. The SMILES string of the molecule is O=C(O)COc1ccc(/C=N/NC(=O)COc2ccc(-c3ccccc3)cc2)cc1. The van der Waals surface area contributed by atoms with Gasteiger partial charge in [0.25, 0.3) is 5.91 Å². The molecule has 0 aromatic heterocycles. The Morgan fingerprint density at radius 2 is 1.37 bits per heavy atom. The van der Waals surface area contributed by atoms with E-state index in [0.717, 1.165) is 16.7 Å². The lowest BCUT2D eigenvalue weighted by molar-refractivity contribution is -0.139. The topological polar surface area (TPSA) is 97.2 Å². The third-order valence-electron chi connectivity index (χ3n) is 3.98. The van der Waals surface area contributed by atoms with E-state index in [1.807, 2.05) is 54.6 Å². The van der Waals surface area contributed by atoms with Gasteiger partial charge in [-0.2, -0.15) is 5.10 Å². The first-order valence-corrected chi connectivity index (χ1v) is 9.15. The number of aliphatic carboxylic acids is 1. The Hall–Kier alpha value is -4.13. The van der Waals surface area contributed by atoms with E-state index in [4.69, 9.17) is 14.6 Å². The highest BCUT2D eigenvalue weighted by Crippen LogP contribution is 2.21. The van der Waals surface area contributed by atoms with E-state index < -0.39 is 12.6 Å². The van der Waals surface area contributed by atoms with Crippen molar-refractivity contribution in [2.45, 2.75) is 0 Å². The van der Waals surface area contributed by atoms with Crippen LogP contribution in [0.15, 0.2) is 84.0 Å². The van der Waals surface area contributed by atoms with Crippen LogP contribution in [0.25, 0.3) is 11.1 Å². The second-order valence-electron chi connectivity index (χ2n) is 6.22. The van der Waals surface area contributed by atoms with Crippen molar-refractivity contribution < 1.29 is 24.2 Å². The van der Waals surface area contributed by atoms with E-state index in [-0.39, 0.29) is 12.5 Å². The van der Waals surface area contributed by atoms with Crippen LogP contribution in [-0.4, -0.2) is 36.4 Å². The first kappa shape index (κ1) is 20.6. The lowest BCUT2D eigenvalue weighted by atomic mass is 10.1. The van der Waals surface area contributed by atoms with Gasteiger partial charge in [-0.15, -0.1) is 0 Å². The molecule has 1 amide bonds. The fourth-order valence-corrected chi connectivity index (χ4v) is 2.53. The van der Waals surface area contributed by atoms with Crippen molar-refractivity contribution >= 4 is 18.1 Å². The number of carbonyl (C=O) groups is 2. The van der Waals surface area contributed by atoms with Crippen LogP contribution >= 0.6 is 0 Å². The van der Waals surface area contributed by atoms with Crippen LogP contribution in [-0.2, 0) is 9.59 Å². The Kier molecular flexibility index (Phi) is 7.16. The van der Waals surface area contributed by atoms with E-state index in [1.54, 1.807) is 24.3 Å². The number of hydrogen-bond acceptors (Lipinski definition) is 5. The molecule has 152 valence electrons. The van der Waals surface area contributed by atoms with Gasteiger partial charge in [-0.3, -0.25) is 4.79 Å². The summed E-state index contributed by atoms with van der Waals surface area (Å²) in [4.78, 5) is 22.3. The highest BCUT2D eigenvalue weighted by molar-refractivity contribution is 5.83. The van der Waals surface area contributed by atoms with Crippen molar-refractivity contribution in [1.82, 2.24) is 5.43 Å². The Morgan fingerprint density at radius 3 is 2.00 bits per heavy atom. The molecule has 2 N–H and O–H groups in total. The number of carboxylic acids is 1. The number of nitrogens with zero attached hydrogens (tertiary/aromatic N) is 1. The summed E-state index contributed by atoms with van der Waals surface area (Å²) in [6.45, 7) is -0.567. The number of hydrogen-bond donors (Lipinski definition) is 2. The van der Waals surface area contributed by atoms with Gasteiger partial charge >= 0.3 is 5.97 Å². The molecule has 3 rings (SSSR count). The van der Waals surface area contributed by atoms with Gasteiger partial charge < -0.3 is 14.6 Å². The van der Waals surface area contributed by atoms with Gasteiger partial charge in [0.05, 0.1) is 6.21 Å². The molecular formula is C23H20N2O5. The number of hydrazone groups is 1. The minimum absolute atomic E-state index is 0.163. The van der Waals surface area contributed by atoms with Crippen LogP contribution in [0, 0.1) is 0 Å². The number of nitrogens with one attached hydrogen (secondary N) is 1. The number of ether oxygens (including phenoxy) is 2. The van der Waals surface area contributed by atoms with Crippen LogP contribution in [0.5, 0.6) is 11.5 Å². The highest BCUT2D eigenvalue weighted by atomic mass is 16.5. The van der Waals surface area contributed by atoms with E-state index >= 15 is 0 Å². The monoisotopic (exact) mass is 404 g/mol. The molecule has 7 nitrogen and oxygen atoms in total. The van der Waals surface area contributed by atoms with Crippen molar-refractivity contribution in [2.75, 3.05) is 13.2 Å². The smallest absolute Gasteiger partial charge is 0.341 e. The molecule has 0 aliphatic heterocycles. The summed E-state index contributed by atoms with van der Waals surface area (Å²) in [7, 11) is 0. The highest BCUT2D eigenvalue weighted by Gasteiger charge is 2.03.